The zero-order chi connectivity index (χ0) is 27.6. The highest BCUT2D eigenvalue weighted by Crippen LogP contribution is 2.31. The highest BCUT2D eigenvalue weighted by molar-refractivity contribution is 5.73. The van der Waals surface area contributed by atoms with Gasteiger partial charge >= 0.3 is 0 Å². The van der Waals surface area contributed by atoms with Gasteiger partial charge in [0, 0.05) is 6.92 Å². The standard InChI is InChI=1S/C20H37N3O14/c1-5(27)23-11-15(31)17(7(3-25)33-18(11)32)37-20-10(22)14(30)16(8(4-26)35-20)36-19-9(21)13(29)12(28)6(2-24)34-19/h6-20,24-26,28-32H,2-4,21-22H2,1H3,(H,23,27)/t6-,7-,8-,9-,10-,11-,12-,13-,14-,15-,16-,17-,18?,19+,20+/m1/s1. The summed E-state index contributed by atoms with van der Waals surface area (Å²) in [5.74, 6) is -0.585. The Balaban J connectivity index is 1.74. The minimum Gasteiger partial charge on any atom is -0.394 e. The average Bonchev–Trinajstić information content (AvgIpc) is 2.87. The summed E-state index contributed by atoms with van der Waals surface area (Å²) < 4.78 is 27.7. The van der Waals surface area contributed by atoms with Crippen molar-refractivity contribution in [2.75, 3.05) is 19.8 Å². The van der Waals surface area contributed by atoms with E-state index in [0.717, 1.165) is 6.92 Å². The van der Waals surface area contributed by atoms with Crippen LogP contribution in [0.25, 0.3) is 0 Å². The Bertz CT molecular complexity index is 749. The van der Waals surface area contributed by atoms with E-state index in [1.54, 1.807) is 0 Å². The van der Waals surface area contributed by atoms with Gasteiger partial charge in [0.15, 0.2) is 18.9 Å². The van der Waals surface area contributed by atoms with Gasteiger partial charge in [-0.25, -0.2) is 0 Å². The van der Waals surface area contributed by atoms with Gasteiger partial charge in [-0.2, -0.15) is 0 Å². The normalized spacial score (nSPS) is 49.0. The van der Waals surface area contributed by atoms with Crippen LogP contribution in [0.3, 0.4) is 0 Å². The third-order valence-corrected chi connectivity index (χ3v) is 6.65. The maximum absolute atomic E-state index is 11.5. The van der Waals surface area contributed by atoms with Gasteiger partial charge in [0.2, 0.25) is 5.91 Å². The van der Waals surface area contributed by atoms with Crippen LogP contribution >= 0.6 is 0 Å². The Labute approximate surface area is 211 Å². The monoisotopic (exact) mass is 543 g/mol. The smallest absolute Gasteiger partial charge is 0.217 e. The molecule has 216 valence electrons. The molecule has 1 unspecified atom stereocenters. The van der Waals surface area contributed by atoms with E-state index in [1.165, 1.54) is 0 Å². The molecule has 3 rings (SSSR count). The molecular weight excluding hydrogens is 506 g/mol. The van der Waals surface area contributed by atoms with E-state index >= 15 is 0 Å². The maximum atomic E-state index is 11.5. The minimum absolute atomic E-state index is 0.585. The second kappa shape index (κ2) is 12.8. The summed E-state index contributed by atoms with van der Waals surface area (Å²) in [5.41, 5.74) is 12.0. The highest BCUT2D eigenvalue weighted by atomic mass is 16.7. The lowest BCUT2D eigenvalue weighted by Gasteiger charge is -2.48. The number of hydrogen-bond donors (Lipinski definition) is 11. The summed E-state index contributed by atoms with van der Waals surface area (Å²) in [6, 6.07) is -4.01. The fraction of sp³-hybridized carbons (Fsp3) is 0.950. The molecule has 0 aromatic carbocycles. The number of nitrogens with two attached hydrogens (primary N) is 2. The lowest BCUT2D eigenvalue weighted by molar-refractivity contribution is -0.348. The first-order chi connectivity index (χ1) is 17.4. The number of aliphatic hydroxyl groups is 8. The summed E-state index contributed by atoms with van der Waals surface area (Å²) in [5, 5.41) is 83.1. The van der Waals surface area contributed by atoms with Crippen molar-refractivity contribution >= 4 is 5.91 Å². The van der Waals surface area contributed by atoms with Crippen LogP contribution < -0.4 is 16.8 Å². The summed E-state index contributed by atoms with van der Waals surface area (Å²) in [4.78, 5) is 11.5. The molecule has 0 radical (unpaired) electrons. The molecule has 0 bridgehead atoms. The Morgan fingerprint density at radius 1 is 0.730 bits per heavy atom. The average molecular weight is 544 g/mol. The summed E-state index contributed by atoms with van der Waals surface area (Å²) in [6.45, 7) is -0.951. The van der Waals surface area contributed by atoms with Crippen LogP contribution in [0.2, 0.25) is 0 Å². The molecule has 1 amide bonds. The molecule has 3 saturated heterocycles. The van der Waals surface area contributed by atoms with Crippen molar-refractivity contribution in [2.45, 2.75) is 98.9 Å². The Morgan fingerprint density at radius 3 is 1.70 bits per heavy atom. The predicted octanol–water partition coefficient (Wildman–Crippen LogP) is -7.50. The SMILES string of the molecule is CC(=O)N[C@H]1C(O)O[C@H](CO)[C@@H](O[C@@H]2O[C@H](CO)[C@@H](O[C@@H]3O[C@H](CO)[C@@H](O)[C@H](O)[C@H]3N)[C@H](O)[C@H]2N)[C@@H]1O. The number of rotatable bonds is 8. The first-order valence-electron chi connectivity index (χ1n) is 11.7. The zero-order valence-corrected chi connectivity index (χ0v) is 20.0. The second-order valence-corrected chi connectivity index (χ2v) is 9.24. The molecule has 15 atom stereocenters. The Hall–Kier alpha value is -1.13. The number of hydrogen-bond acceptors (Lipinski definition) is 16. The molecule has 3 heterocycles. The lowest BCUT2D eigenvalue weighted by Crippen LogP contribution is -2.69. The fourth-order valence-corrected chi connectivity index (χ4v) is 4.55. The van der Waals surface area contributed by atoms with Crippen molar-refractivity contribution in [3.05, 3.63) is 0 Å². The van der Waals surface area contributed by atoms with Crippen molar-refractivity contribution in [1.29, 1.82) is 0 Å². The van der Waals surface area contributed by atoms with Crippen LogP contribution in [0.4, 0.5) is 0 Å². The van der Waals surface area contributed by atoms with E-state index in [9.17, 15) is 45.6 Å². The van der Waals surface area contributed by atoms with Crippen LogP contribution in [0.5, 0.6) is 0 Å². The molecule has 37 heavy (non-hydrogen) atoms. The van der Waals surface area contributed by atoms with Gasteiger partial charge in [-0.1, -0.05) is 0 Å². The van der Waals surface area contributed by atoms with Gasteiger partial charge in [-0.05, 0) is 0 Å². The number of carbonyl (C=O) groups is 1. The second-order valence-electron chi connectivity index (χ2n) is 9.24. The first kappa shape index (κ1) is 30.4. The minimum atomic E-state index is -1.67. The van der Waals surface area contributed by atoms with Crippen LogP contribution in [0, 0.1) is 0 Å². The van der Waals surface area contributed by atoms with Crippen molar-refractivity contribution in [2.24, 2.45) is 11.5 Å². The van der Waals surface area contributed by atoms with E-state index in [1.807, 2.05) is 0 Å². The van der Waals surface area contributed by atoms with E-state index in [0.29, 0.717) is 0 Å². The molecule has 0 aromatic heterocycles. The molecule has 3 aliphatic rings. The summed E-state index contributed by atoms with van der Waals surface area (Å²) in [7, 11) is 0. The van der Waals surface area contributed by atoms with Crippen molar-refractivity contribution in [1.82, 2.24) is 5.32 Å². The van der Waals surface area contributed by atoms with E-state index in [-0.39, 0.29) is 0 Å². The molecular formula is C20H37N3O14. The van der Waals surface area contributed by atoms with Crippen molar-refractivity contribution in [3.63, 3.8) is 0 Å². The molecule has 0 saturated carbocycles. The quantitative estimate of drug-likeness (QED) is 0.135. The first-order valence-corrected chi connectivity index (χ1v) is 11.7. The van der Waals surface area contributed by atoms with Gasteiger partial charge in [0.1, 0.15) is 61.0 Å². The number of amides is 1. The summed E-state index contributed by atoms with van der Waals surface area (Å²) in [6.07, 6.45) is -17.5. The molecule has 0 aliphatic carbocycles. The van der Waals surface area contributed by atoms with Crippen LogP contribution in [-0.4, -0.2) is 159 Å². The van der Waals surface area contributed by atoms with Gasteiger partial charge in [0.05, 0.1) is 31.9 Å². The third-order valence-electron chi connectivity index (χ3n) is 6.65. The van der Waals surface area contributed by atoms with Crippen LogP contribution in [-0.2, 0) is 28.5 Å². The van der Waals surface area contributed by atoms with Gasteiger partial charge in [-0.15, -0.1) is 0 Å². The lowest BCUT2D eigenvalue weighted by atomic mass is 9.94. The highest BCUT2D eigenvalue weighted by Gasteiger charge is 2.52. The summed E-state index contributed by atoms with van der Waals surface area (Å²) >= 11 is 0. The fourth-order valence-electron chi connectivity index (χ4n) is 4.55. The maximum Gasteiger partial charge on any atom is 0.217 e. The molecule has 0 aromatic rings. The third kappa shape index (κ3) is 6.38. The number of carbonyl (C=O) groups excluding carboxylic acids is 1. The predicted molar refractivity (Wildman–Crippen MR) is 117 cm³/mol. The molecule has 13 N–H and O–H groups in total. The Kier molecular flexibility index (Phi) is 10.5. The van der Waals surface area contributed by atoms with Crippen LogP contribution in [0.1, 0.15) is 6.92 Å². The van der Waals surface area contributed by atoms with E-state index in [4.69, 9.17) is 35.2 Å². The molecule has 3 aliphatic heterocycles. The largest absolute Gasteiger partial charge is 0.394 e. The molecule has 17 heteroatoms. The van der Waals surface area contributed by atoms with Gasteiger partial charge < -0.3 is 81.3 Å². The Morgan fingerprint density at radius 2 is 1.19 bits per heavy atom. The zero-order valence-electron chi connectivity index (χ0n) is 20.0. The topological polar surface area (TPSA) is 289 Å². The molecule has 3 fully saturated rings. The van der Waals surface area contributed by atoms with E-state index < -0.39 is 118 Å². The van der Waals surface area contributed by atoms with Gasteiger partial charge in [-0.3, -0.25) is 4.79 Å². The number of nitrogens with one attached hydrogen (secondary N) is 1. The number of ether oxygens (including phenoxy) is 5. The van der Waals surface area contributed by atoms with Crippen LogP contribution in [0.15, 0.2) is 0 Å². The van der Waals surface area contributed by atoms with Crippen molar-refractivity contribution < 1.29 is 69.3 Å². The molecule has 0 spiro atoms. The van der Waals surface area contributed by atoms with Crippen molar-refractivity contribution in [3.8, 4) is 0 Å². The number of aliphatic hydroxyl groups excluding tert-OH is 8. The molecule has 17 nitrogen and oxygen atoms in total. The van der Waals surface area contributed by atoms with E-state index in [2.05, 4.69) is 5.32 Å². The van der Waals surface area contributed by atoms with Gasteiger partial charge in [0.25, 0.3) is 0 Å².